The number of aromatic nitrogens is 1. The first-order valence-corrected chi connectivity index (χ1v) is 7.99. The molecule has 0 amide bonds. The average molecular weight is 317 g/mol. The van der Waals surface area contributed by atoms with Crippen LogP contribution >= 0.6 is 0 Å². The Morgan fingerprint density at radius 2 is 2.30 bits per heavy atom. The standard InChI is InChI=1S/C18H23NO4/c1-3-16-15(10-9-13(19-16)6-5-11-20)17-8-4-7-14(23-17)12-18(21)22-2/h9-10,14,17,20H,3-4,7-8,11-12H2,1-2H3. The third-order valence-electron chi connectivity index (χ3n) is 3.96. The molecule has 1 fully saturated rings. The number of ether oxygens (including phenoxy) is 2. The van der Waals surface area contributed by atoms with Gasteiger partial charge < -0.3 is 14.6 Å². The molecule has 2 heterocycles. The zero-order valence-electron chi connectivity index (χ0n) is 13.7. The fraction of sp³-hybridized carbons (Fsp3) is 0.556. The van der Waals surface area contributed by atoms with Gasteiger partial charge in [-0.2, -0.15) is 0 Å². The molecule has 0 aliphatic carbocycles. The van der Waals surface area contributed by atoms with Gasteiger partial charge in [0.1, 0.15) is 12.3 Å². The molecule has 1 aliphatic rings. The van der Waals surface area contributed by atoms with Crippen LogP contribution in [0.3, 0.4) is 0 Å². The lowest BCUT2D eigenvalue weighted by atomic mass is 9.95. The predicted molar refractivity (Wildman–Crippen MR) is 85.7 cm³/mol. The molecule has 2 rings (SSSR count). The van der Waals surface area contributed by atoms with Crippen molar-refractivity contribution in [3.63, 3.8) is 0 Å². The fourth-order valence-corrected chi connectivity index (χ4v) is 2.84. The predicted octanol–water partition coefficient (Wildman–Crippen LogP) is 2.16. The summed E-state index contributed by atoms with van der Waals surface area (Å²) in [5, 5.41) is 8.77. The Morgan fingerprint density at radius 1 is 1.48 bits per heavy atom. The van der Waals surface area contributed by atoms with E-state index >= 15 is 0 Å². The van der Waals surface area contributed by atoms with Gasteiger partial charge in [0.2, 0.25) is 0 Å². The molecular formula is C18H23NO4. The first-order valence-electron chi connectivity index (χ1n) is 7.99. The van der Waals surface area contributed by atoms with Crippen LogP contribution < -0.4 is 0 Å². The summed E-state index contributed by atoms with van der Waals surface area (Å²) in [7, 11) is 1.40. The van der Waals surface area contributed by atoms with Gasteiger partial charge >= 0.3 is 5.97 Å². The van der Waals surface area contributed by atoms with Crippen LogP contribution in [0.2, 0.25) is 0 Å². The summed E-state index contributed by atoms with van der Waals surface area (Å²) in [4.78, 5) is 16.0. The summed E-state index contributed by atoms with van der Waals surface area (Å²) < 4.78 is 10.8. The number of pyridine rings is 1. The van der Waals surface area contributed by atoms with E-state index in [4.69, 9.17) is 14.6 Å². The van der Waals surface area contributed by atoms with E-state index < -0.39 is 0 Å². The highest BCUT2D eigenvalue weighted by molar-refractivity contribution is 5.69. The van der Waals surface area contributed by atoms with Crippen LogP contribution in [-0.2, 0) is 20.7 Å². The van der Waals surface area contributed by atoms with E-state index in [2.05, 4.69) is 16.8 Å². The maximum absolute atomic E-state index is 11.4. The quantitative estimate of drug-likeness (QED) is 0.681. The molecule has 0 aromatic carbocycles. The van der Waals surface area contributed by atoms with Crippen LogP contribution in [0.15, 0.2) is 12.1 Å². The Morgan fingerprint density at radius 3 is 3.00 bits per heavy atom. The van der Waals surface area contributed by atoms with Crippen molar-refractivity contribution in [1.29, 1.82) is 0 Å². The average Bonchev–Trinajstić information content (AvgIpc) is 2.59. The molecule has 1 aromatic rings. The van der Waals surface area contributed by atoms with Gasteiger partial charge in [-0.05, 0) is 37.7 Å². The van der Waals surface area contributed by atoms with Crippen molar-refractivity contribution < 1.29 is 19.4 Å². The number of aliphatic hydroxyl groups is 1. The summed E-state index contributed by atoms with van der Waals surface area (Å²) >= 11 is 0. The van der Waals surface area contributed by atoms with E-state index in [0.29, 0.717) is 12.1 Å². The lowest BCUT2D eigenvalue weighted by Gasteiger charge is -2.30. The number of hydrogen-bond donors (Lipinski definition) is 1. The zero-order valence-corrected chi connectivity index (χ0v) is 13.7. The van der Waals surface area contributed by atoms with Crippen molar-refractivity contribution in [1.82, 2.24) is 4.98 Å². The third kappa shape index (κ3) is 4.78. The number of nitrogens with zero attached hydrogens (tertiary/aromatic N) is 1. The molecule has 0 saturated carbocycles. The van der Waals surface area contributed by atoms with Crippen LogP contribution in [0.25, 0.3) is 0 Å². The van der Waals surface area contributed by atoms with Crippen molar-refractivity contribution >= 4 is 5.97 Å². The third-order valence-corrected chi connectivity index (χ3v) is 3.96. The van der Waals surface area contributed by atoms with Crippen molar-refractivity contribution in [2.24, 2.45) is 0 Å². The molecule has 2 unspecified atom stereocenters. The molecule has 5 nitrogen and oxygen atoms in total. The molecule has 0 radical (unpaired) electrons. The van der Waals surface area contributed by atoms with E-state index in [-0.39, 0.29) is 24.8 Å². The van der Waals surface area contributed by atoms with Crippen molar-refractivity contribution in [3.05, 3.63) is 29.1 Å². The molecule has 23 heavy (non-hydrogen) atoms. The Kier molecular flexibility index (Phi) is 6.57. The summed E-state index contributed by atoms with van der Waals surface area (Å²) in [6.45, 7) is 1.87. The number of methoxy groups -OCH3 is 1. The topological polar surface area (TPSA) is 68.7 Å². The van der Waals surface area contributed by atoms with Gasteiger partial charge in [-0.3, -0.25) is 4.79 Å². The van der Waals surface area contributed by atoms with E-state index in [0.717, 1.165) is 36.9 Å². The van der Waals surface area contributed by atoms with Gasteiger partial charge in [0.05, 0.1) is 25.7 Å². The van der Waals surface area contributed by atoms with Gasteiger partial charge in [0.25, 0.3) is 0 Å². The first kappa shape index (κ1) is 17.5. The number of hydrogen-bond acceptors (Lipinski definition) is 5. The van der Waals surface area contributed by atoms with Gasteiger partial charge in [0, 0.05) is 11.3 Å². The van der Waals surface area contributed by atoms with E-state index in [1.54, 1.807) is 0 Å². The molecule has 1 saturated heterocycles. The van der Waals surface area contributed by atoms with E-state index in [9.17, 15) is 4.79 Å². The number of rotatable bonds is 4. The normalized spacial score (nSPS) is 20.5. The first-order chi connectivity index (χ1) is 11.2. The second-order valence-corrected chi connectivity index (χ2v) is 5.50. The molecule has 124 valence electrons. The highest BCUT2D eigenvalue weighted by atomic mass is 16.5. The zero-order chi connectivity index (χ0) is 16.7. The fourth-order valence-electron chi connectivity index (χ4n) is 2.84. The smallest absolute Gasteiger partial charge is 0.308 e. The second-order valence-electron chi connectivity index (χ2n) is 5.50. The Labute approximate surface area is 137 Å². The maximum Gasteiger partial charge on any atom is 0.308 e. The van der Waals surface area contributed by atoms with Crippen LogP contribution in [0.4, 0.5) is 0 Å². The summed E-state index contributed by atoms with van der Waals surface area (Å²) in [5.74, 6) is 5.20. The van der Waals surface area contributed by atoms with Gasteiger partial charge in [-0.15, -0.1) is 0 Å². The summed E-state index contributed by atoms with van der Waals surface area (Å²) in [5.41, 5.74) is 2.68. The van der Waals surface area contributed by atoms with Gasteiger partial charge in [-0.25, -0.2) is 4.98 Å². The van der Waals surface area contributed by atoms with Crippen molar-refractivity contribution in [3.8, 4) is 11.8 Å². The summed E-state index contributed by atoms with van der Waals surface area (Å²) in [6, 6.07) is 3.85. The molecule has 5 heteroatoms. The Hall–Kier alpha value is -1.90. The monoisotopic (exact) mass is 317 g/mol. The van der Waals surface area contributed by atoms with E-state index in [1.807, 2.05) is 19.1 Å². The maximum atomic E-state index is 11.4. The Balaban J connectivity index is 2.15. The minimum absolute atomic E-state index is 0.0410. The highest BCUT2D eigenvalue weighted by Gasteiger charge is 2.27. The number of aliphatic hydroxyl groups excluding tert-OH is 1. The van der Waals surface area contributed by atoms with Crippen LogP contribution in [0.1, 0.15) is 55.7 Å². The van der Waals surface area contributed by atoms with Crippen LogP contribution in [0.5, 0.6) is 0 Å². The summed E-state index contributed by atoms with van der Waals surface area (Å²) in [6.07, 6.45) is 3.75. The van der Waals surface area contributed by atoms with Gasteiger partial charge in [0.15, 0.2) is 0 Å². The molecular weight excluding hydrogens is 294 g/mol. The van der Waals surface area contributed by atoms with E-state index in [1.165, 1.54) is 7.11 Å². The molecule has 0 bridgehead atoms. The minimum atomic E-state index is -0.237. The van der Waals surface area contributed by atoms with Gasteiger partial charge in [-0.1, -0.05) is 18.9 Å². The highest BCUT2D eigenvalue weighted by Crippen LogP contribution is 2.34. The lowest BCUT2D eigenvalue weighted by molar-refractivity contribution is -0.147. The molecule has 2 atom stereocenters. The number of carbonyl (C=O) groups is 1. The van der Waals surface area contributed by atoms with Crippen LogP contribution in [0, 0.1) is 11.8 Å². The molecule has 0 spiro atoms. The lowest BCUT2D eigenvalue weighted by Crippen LogP contribution is -2.26. The number of aryl methyl sites for hydroxylation is 1. The van der Waals surface area contributed by atoms with Crippen molar-refractivity contribution in [2.75, 3.05) is 13.7 Å². The molecule has 1 aromatic heterocycles. The number of esters is 1. The largest absolute Gasteiger partial charge is 0.469 e. The number of carbonyl (C=O) groups excluding carboxylic acids is 1. The van der Waals surface area contributed by atoms with Crippen molar-refractivity contribution in [2.45, 2.75) is 51.2 Å². The SMILES string of the molecule is CCc1nc(C#CCO)ccc1C1CCCC(CC(=O)OC)O1. The second kappa shape index (κ2) is 8.66. The van der Waals surface area contributed by atoms with Crippen LogP contribution in [-0.4, -0.2) is 35.9 Å². The molecule has 1 N–H and O–H groups in total. The Bertz CT molecular complexity index is 603. The minimum Gasteiger partial charge on any atom is -0.469 e. The molecule has 1 aliphatic heterocycles.